The Kier molecular flexibility index (Phi) is 6.21. The number of carbonyl (C=O) groups is 1. The van der Waals surface area contributed by atoms with Crippen molar-refractivity contribution in [2.24, 2.45) is 0 Å². The summed E-state index contributed by atoms with van der Waals surface area (Å²) in [7, 11) is 0. The van der Waals surface area contributed by atoms with E-state index in [1.165, 1.54) is 25.0 Å². The number of hydrogen-bond donors (Lipinski definition) is 1. The topological polar surface area (TPSA) is 35.6 Å². The predicted octanol–water partition coefficient (Wildman–Crippen LogP) is 2.39. The van der Waals surface area contributed by atoms with Gasteiger partial charge < -0.3 is 5.32 Å². The fraction of sp³-hybridized carbons (Fsp3) is 0.632. The van der Waals surface area contributed by atoms with Gasteiger partial charge in [0.2, 0.25) is 5.91 Å². The van der Waals surface area contributed by atoms with Crippen molar-refractivity contribution in [3.63, 3.8) is 0 Å². The first kappa shape index (κ1) is 17.4. The summed E-state index contributed by atoms with van der Waals surface area (Å²) >= 11 is 0. The average Bonchev–Trinajstić information content (AvgIpc) is 2.97. The van der Waals surface area contributed by atoms with Gasteiger partial charge in [-0.1, -0.05) is 25.0 Å². The number of halogens is 1. The maximum atomic E-state index is 13.0. The highest BCUT2D eigenvalue weighted by atomic mass is 19.1. The van der Waals surface area contributed by atoms with E-state index in [1.54, 1.807) is 0 Å². The van der Waals surface area contributed by atoms with E-state index < -0.39 is 0 Å². The van der Waals surface area contributed by atoms with E-state index in [2.05, 4.69) is 15.1 Å². The molecule has 2 fully saturated rings. The molecule has 5 heteroatoms. The lowest BCUT2D eigenvalue weighted by molar-refractivity contribution is -0.122. The van der Waals surface area contributed by atoms with Crippen LogP contribution in [0.3, 0.4) is 0 Å². The summed E-state index contributed by atoms with van der Waals surface area (Å²) in [6, 6.07) is 7.15. The quantitative estimate of drug-likeness (QED) is 0.899. The number of carbonyl (C=O) groups excluding carboxylic acids is 1. The Balaban J connectivity index is 1.42. The van der Waals surface area contributed by atoms with Gasteiger partial charge in [-0.05, 0) is 50.0 Å². The molecule has 0 aromatic heterocycles. The SMILES string of the molecule is O=C(CN1CCCN(Cc2ccc(F)cc2)CC1)NC1CCCC1. The number of nitrogens with zero attached hydrogens (tertiary/aromatic N) is 2. The van der Waals surface area contributed by atoms with Crippen LogP contribution in [0.2, 0.25) is 0 Å². The van der Waals surface area contributed by atoms with Gasteiger partial charge >= 0.3 is 0 Å². The Morgan fingerprint density at radius 2 is 1.67 bits per heavy atom. The second-order valence-corrected chi connectivity index (χ2v) is 7.08. The van der Waals surface area contributed by atoms with Crippen LogP contribution in [0, 0.1) is 5.82 Å². The highest BCUT2D eigenvalue weighted by molar-refractivity contribution is 5.78. The Labute approximate surface area is 144 Å². The lowest BCUT2D eigenvalue weighted by Crippen LogP contribution is -2.42. The zero-order valence-electron chi connectivity index (χ0n) is 14.3. The highest BCUT2D eigenvalue weighted by Gasteiger charge is 2.20. The molecule has 0 unspecified atom stereocenters. The molecule has 4 nitrogen and oxygen atoms in total. The summed E-state index contributed by atoms with van der Waals surface area (Å²) in [5, 5.41) is 3.17. The molecule has 1 N–H and O–H groups in total. The second kappa shape index (κ2) is 8.58. The van der Waals surface area contributed by atoms with Crippen LogP contribution in [0.1, 0.15) is 37.7 Å². The van der Waals surface area contributed by atoms with E-state index in [0.717, 1.165) is 57.5 Å². The normalized spacial score (nSPS) is 20.9. The molecular formula is C19H28FN3O. The largest absolute Gasteiger partial charge is 0.352 e. The molecule has 1 saturated carbocycles. The standard InChI is InChI=1S/C19H28FN3O/c20-17-8-6-16(7-9-17)14-22-10-3-11-23(13-12-22)15-19(24)21-18-4-1-2-5-18/h6-9,18H,1-5,10-15H2,(H,21,24). The van der Waals surface area contributed by atoms with Gasteiger partial charge in [-0.15, -0.1) is 0 Å². The highest BCUT2D eigenvalue weighted by Crippen LogP contribution is 2.17. The average molecular weight is 333 g/mol. The molecule has 1 saturated heterocycles. The lowest BCUT2D eigenvalue weighted by atomic mass is 10.2. The van der Waals surface area contributed by atoms with E-state index >= 15 is 0 Å². The Morgan fingerprint density at radius 1 is 1.00 bits per heavy atom. The number of benzene rings is 1. The number of rotatable bonds is 5. The van der Waals surface area contributed by atoms with Crippen molar-refractivity contribution in [2.75, 3.05) is 32.7 Å². The molecule has 1 aliphatic heterocycles. The molecule has 0 bridgehead atoms. The van der Waals surface area contributed by atoms with Crippen molar-refractivity contribution in [3.05, 3.63) is 35.6 Å². The van der Waals surface area contributed by atoms with Crippen LogP contribution in [-0.4, -0.2) is 54.5 Å². The molecule has 1 aliphatic carbocycles. The van der Waals surface area contributed by atoms with Crippen molar-refractivity contribution < 1.29 is 9.18 Å². The van der Waals surface area contributed by atoms with Gasteiger partial charge in [0, 0.05) is 25.7 Å². The zero-order chi connectivity index (χ0) is 16.8. The fourth-order valence-electron chi connectivity index (χ4n) is 3.74. The van der Waals surface area contributed by atoms with E-state index in [-0.39, 0.29) is 11.7 Å². The minimum atomic E-state index is -0.186. The Morgan fingerprint density at radius 3 is 2.42 bits per heavy atom. The van der Waals surface area contributed by atoms with Gasteiger partial charge in [0.15, 0.2) is 0 Å². The Bertz CT molecular complexity index is 528. The van der Waals surface area contributed by atoms with E-state index in [9.17, 15) is 9.18 Å². The summed E-state index contributed by atoms with van der Waals surface area (Å²) in [6.45, 7) is 5.23. The van der Waals surface area contributed by atoms with Crippen molar-refractivity contribution in [1.82, 2.24) is 15.1 Å². The third-order valence-electron chi connectivity index (χ3n) is 5.09. The van der Waals surface area contributed by atoms with Crippen LogP contribution < -0.4 is 5.32 Å². The molecule has 132 valence electrons. The number of amides is 1. The first-order valence-electron chi connectivity index (χ1n) is 9.17. The fourth-order valence-corrected chi connectivity index (χ4v) is 3.74. The van der Waals surface area contributed by atoms with Crippen LogP contribution in [0.5, 0.6) is 0 Å². The molecular weight excluding hydrogens is 305 g/mol. The van der Waals surface area contributed by atoms with E-state index in [1.807, 2.05) is 12.1 Å². The predicted molar refractivity (Wildman–Crippen MR) is 93.1 cm³/mol. The van der Waals surface area contributed by atoms with Crippen LogP contribution in [0.15, 0.2) is 24.3 Å². The van der Waals surface area contributed by atoms with Gasteiger partial charge in [-0.3, -0.25) is 14.6 Å². The first-order chi connectivity index (χ1) is 11.7. The molecule has 2 aliphatic rings. The molecule has 24 heavy (non-hydrogen) atoms. The van der Waals surface area contributed by atoms with Gasteiger partial charge in [-0.25, -0.2) is 4.39 Å². The first-order valence-corrected chi connectivity index (χ1v) is 9.17. The summed E-state index contributed by atoms with van der Waals surface area (Å²) in [6.07, 6.45) is 5.83. The lowest BCUT2D eigenvalue weighted by Gasteiger charge is -2.22. The monoisotopic (exact) mass is 333 g/mol. The zero-order valence-corrected chi connectivity index (χ0v) is 14.3. The molecule has 1 aromatic rings. The molecule has 0 atom stereocenters. The van der Waals surface area contributed by atoms with Crippen LogP contribution in [-0.2, 0) is 11.3 Å². The molecule has 1 heterocycles. The Hall–Kier alpha value is -1.46. The van der Waals surface area contributed by atoms with Crippen molar-refractivity contribution in [3.8, 4) is 0 Å². The van der Waals surface area contributed by atoms with Crippen molar-refractivity contribution >= 4 is 5.91 Å². The van der Waals surface area contributed by atoms with Crippen molar-refractivity contribution in [2.45, 2.75) is 44.7 Å². The second-order valence-electron chi connectivity index (χ2n) is 7.08. The summed E-state index contributed by atoms with van der Waals surface area (Å²) in [5.41, 5.74) is 1.14. The number of hydrogen-bond acceptors (Lipinski definition) is 3. The van der Waals surface area contributed by atoms with E-state index in [0.29, 0.717) is 12.6 Å². The third-order valence-corrected chi connectivity index (χ3v) is 5.09. The molecule has 0 radical (unpaired) electrons. The van der Waals surface area contributed by atoms with Crippen LogP contribution in [0.4, 0.5) is 4.39 Å². The van der Waals surface area contributed by atoms with Crippen molar-refractivity contribution in [1.29, 1.82) is 0 Å². The van der Waals surface area contributed by atoms with Crippen LogP contribution in [0.25, 0.3) is 0 Å². The van der Waals surface area contributed by atoms with Gasteiger partial charge in [0.25, 0.3) is 0 Å². The smallest absolute Gasteiger partial charge is 0.234 e. The summed E-state index contributed by atoms with van der Waals surface area (Å²) in [5.74, 6) is -0.0112. The molecule has 1 amide bonds. The minimum Gasteiger partial charge on any atom is -0.352 e. The molecule has 3 rings (SSSR count). The maximum Gasteiger partial charge on any atom is 0.234 e. The van der Waals surface area contributed by atoms with E-state index in [4.69, 9.17) is 0 Å². The third kappa shape index (κ3) is 5.28. The van der Waals surface area contributed by atoms with Gasteiger partial charge in [-0.2, -0.15) is 0 Å². The minimum absolute atomic E-state index is 0.175. The molecule has 1 aromatic carbocycles. The summed E-state index contributed by atoms with van der Waals surface area (Å²) in [4.78, 5) is 16.8. The summed E-state index contributed by atoms with van der Waals surface area (Å²) < 4.78 is 13.0. The number of nitrogens with one attached hydrogen (secondary N) is 1. The van der Waals surface area contributed by atoms with Crippen LogP contribution >= 0.6 is 0 Å². The maximum absolute atomic E-state index is 13.0. The van der Waals surface area contributed by atoms with Gasteiger partial charge in [0.05, 0.1) is 6.54 Å². The van der Waals surface area contributed by atoms with Gasteiger partial charge in [0.1, 0.15) is 5.82 Å². The molecule has 0 spiro atoms.